The highest BCUT2D eigenvalue weighted by Gasteiger charge is 2.10. The number of hydrogen-bond acceptors (Lipinski definition) is 1. The SMILES string of the molecule is CCc1ccc(SC)c(F)c1F. The monoisotopic (exact) mass is 188 g/mol. The van der Waals surface area contributed by atoms with E-state index in [4.69, 9.17) is 0 Å². The molecule has 66 valence electrons. The third-order valence-electron chi connectivity index (χ3n) is 1.73. The van der Waals surface area contributed by atoms with Crippen LogP contribution in [0.1, 0.15) is 12.5 Å². The van der Waals surface area contributed by atoms with Crippen LogP contribution in [0.4, 0.5) is 8.78 Å². The summed E-state index contributed by atoms with van der Waals surface area (Å²) in [5.41, 5.74) is 0.435. The van der Waals surface area contributed by atoms with Gasteiger partial charge in [-0.15, -0.1) is 11.8 Å². The van der Waals surface area contributed by atoms with Crippen LogP contribution in [-0.4, -0.2) is 6.26 Å². The van der Waals surface area contributed by atoms with E-state index < -0.39 is 11.6 Å². The van der Waals surface area contributed by atoms with E-state index in [2.05, 4.69) is 0 Å². The number of aryl methyl sites for hydroxylation is 1. The maximum atomic E-state index is 13.1. The van der Waals surface area contributed by atoms with E-state index >= 15 is 0 Å². The first kappa shape index (κ1) is 9.52. The maximum absolute atomic E-state index is 13.1. The Bertz CT molecular complexity index is 255. The zero-order chi connectivity index (χ0) is 9.14. The quantitative estimate of drug-likeness (QED) is 0.642. The molecule has 0 aromatic heterocycles. The van der Waals surface area contributed by atoms with Crippen molar-refractivity contribution in [2.75, 3.05) is 6.26 Å². The van der Waals surface area contributed by atoms with Gasteiger partial charge in [-0.05, 0) is 24.3 Å². The van der Waals surface area contributed by atoms with Crippen LogP contribution >= 0.6 is 11.8 Å². The lowest BCUT2D eigenvalue weighted by molar-refractivity contribution is 0.483. The summed E-state index contributed by atoms with van der Waals surface area (Å²) in [5.74, 6) is -1.42. The molecule has 0 amide bonds. The summed E-state index contributed by atoms with van der Waals surface area (Å²) in [4.78, 5) is 0.365. The molecule has 0 unspecified atom stereocenters. The lowest BCUT2D eigenvalue weighted by atomic mass is 10.1. The van der Waals surface area contributed by atoms with Crippen molar-refractivity contribution < 1.29 is 8.78 Å². The van der Waals surface area contributed by atoms with Crippen molar-refractivity contribution in [3.8, 4) is 0 Å². The van der Waals surface area contributed by atoms with Crippen LogP contribution in [0.15, 0.2) is 17.0 Å². The molecule has 12 heavy (non-hydrogen) atoms. The lowest BCUT2D eigenvalue weighted by Crippen LogP contribution is -1.94. The minimum absolute atomic E-state index is 0.365. The molecule has 0 aliphatic carbocycles. The maximum Gasteiger partial charge on any atom is 0.172 e. The van der Waals surface area contributed by atoms with Crippen molar-refractivity contribution in [2.45, 2.75) is 18.2 Å². The standard InChI is InChI=1S/C9H10F2S/c1-3-6-4-5-7(12-2)9(11)8(6)10/h4-5H,3H2,1-2H3. The van der Waals surface area contributed by atoms with Gasteiger partial charge >= 0.3 is 0 Å². The second kappa shape index (κ2) is 3.90. The zero-order valence-electron chi connectivity index (χ0n) is 7.03. The van der Waals surface area contributed by atoms with Crippen molar-refractivity contribution in [1.82, 2.24) is 0 Å². The van der Waals surface area contributed by atoms with Crippen LogP contribution in [0, 0.1) is 11.6 Å². The van der Waals surface area contributed by atoms with E-state index in [0.29, 0.717) is 16.9 Å². The number of benzene rings is 1. The molecular weight excluding hydrogens is 178 g/mol. The Morgan fingerprint density at radius 2 is 1.92 bits per heavy atom. The van der Waals surface area contributed by atoms with Crippen molar-refractivity contribution >= 4 is 11.8 Å². The first-order valence-electron chi connectivity index (χ1n) is 3.71. The third-order valence-corrected chi connectivity index (χ3v) is 2.48. The number of thioether (sulfide) groups is 1. The molecule has 0 saturated carbocycles. The Kier molecular flexibility index (Phi) is 3.09. The molecule has 0 aliphatic heterocycles. The van der Waals surface area contributed by atoms with E-state index in [-0.39, 0.29) is 0 Å². The fourth-order valence-corrected chi connectivity index (χ4v) is 1.48. The highest BCUT2D eigenvalue weighted by atomic mass is 32.2. The third kappa shape index (κ3) is 1.61. The molecule has 1 aromatic carbocycles. The summed E-state index contributed by atoms with van der Waals surface area (Å²) >= 11 is 1.21. The Hall–Kier alpha value is -0.570. The van der Waals surface area contributed by atoms with Gasteiger partial charge in [0.05, 0.1) is 0 Å². The van der Waals surface area contributed by atoms with Gasteiger partial charge in [-0.25, -0.2) is 8.78 Å². The van der Waals surface area contributed by atoms with E-state index in [9.17, 15) is 8.78 Å². The molecule has 0 spiro atoms. The van der Waals surface area contributed by atoms with Crippen molar-refractivity contribution in [2.24, 2.45) is 0 Å². The van der Waals surface area contributed by atoms with Gasteiger partial charge in [-0.3, -0.25) is 0 Å². The van der Waals surface area contributed by atoms with Gasteiger partial charge < -0.3 is 0 Å². The Morgan fingerprint density at radius 1 is 1.25 bits per heavy atom. The fraction of sp³-hybridized carbons (Fsp3) is 0.333. The molecule has 0 radical (unpaired) electrons. The second-order valence-corrected chi connectivity index (χ2v) is 3.26. The molecule has 0 saturated heterocycles. The summed E-state index contributed by atoms with van der Waals surface area (Å²) in [6, 6.07) is 3.24. The first-order chi connectivity index (χ1) is 5.70. The minimum atomic E-state index is -0.721. The van der Waals surface area contributed by atoms with Gasteiger partial charge in [0, 0.05) is 4.90 Å². The summed E-state index contributed by atoms with van der Waals surface area (Å²) in [5, 5.41) is 0. The molecule has 0 atom stereocenters. The molecule has 3 heteroatoms. The van der Waals surface area contributed by atoms with Crippen LogP contribution in [0.5, 0.6) is 0 Å². The van der Waals surface area contributed by atoms with Crippen LogP contribution in [0.2, 0.25) is 0 Å². The second-order valence-electron chi connectivity index (χ2n) is 2.41. The minimum Gasteiger partial charge on any atom is -0.203 e. The van der Waals surface area contributed by atoms with Crippen molar-refractivity contribution in [3.05, 3.63) is 29.3 Å². The lowest BCUT2D eigenvalue weighted by Gasteiger charge is -2.03. The predicted octanol–water partition coefficient (Wildman–Crippen LogP) is 3.25. The van der Waals surface area contributed by atoms with E-state index in [0.717, 1.165) is 0 Å². The topological polar surface area (TPSA) is 0 Å². The Balaban J connectivity index is 3.20. The first-order valence-corrected chi connectivity index (χ1v) is 4.94. The van der Waals surface area contributed by atoms with Gasteiger partial charge in [0.1, 0.15) is 0 Å². The molecule has 1 aromatic rings. The molecule has 0 heterocycles. The van der Waals surface area contributed by atoms with E-state index in [1.54, 1.807) is 25.3 Å². The molecule has 0 N–H and O–H groups in total. The van der Waals surface area contributed by atoms with Crippen molar-refractivity contribution in [1.29, 1.82) is 0 Å². The summed E-state index contributed by atoms with van der Waals surface area (Å²) in [7, 11) is 0. The van der Waals surface area contributed by atoms with Crippen LogP contribution in [-0.2, 0) is 6.42 Å². The highest BCUT2D eigenvalue weighted by Crippen LogP contribution is 2.23. The van der Waals surface area contributed by atoms with Gasteiger partial charge in [0.2, 0.25) is 0 Å². The van der Waals surface area contributed by atoms with Gasteiger partial charge in [-0.2, -0.15) is 0 Å². The summed E-state index contributed by atoms with van der Waals surface area (Å²) in [6.07, 6.45) is 2.25. The number of rotatable bonds is 2. The van der Waals surface area contributed by atoms with E-state index in [1.165, 1.54) is 11.8 Å². The zero-order valence-corrected chi connectivity index (χ0v) is 7.84. The van der Waals surface area contributed by atoms with Crippen LogP contribution in [0.25, 0.3) is 0 Å². The molecule has 0 aliphatic rings. The number of hydrogen-bond donors (Lipinski definition) is 0. The molecule has 1 rings (SSSR count). The molecule has 0 nitrogen and oxygen atoms in total. The van der Waals surface area contributed by atoms with Gasteiger partial charge in [-0.1, -0.05) is 13.0 Å². The van der Waals surface area contributed by atoms with Crippen LogP contribution in [0.3, 0.4) is 0 Å². The average Bonchev–Trinajstić information content (AvgIpc) is 2.10. The molecule has 0 bridgehead atoms. The molecule has 0 fully saturated rings. The van der Waals surface area contributed by atoms with Crippen LogP contribution < -0.4 is 0 Å². The largest absolute Gasteiger partial charge is 0.203 e. The summed E-state index contributed by atoms with van der Waals surface area (Å²) < 4.78 is 26.1. The van der Waals surface area contributed by atoms with E-state index in [1.807, 2.05) is 0 Å². The molecular formula is C9H10F2S. The van der Waals surface area contributed by atoms with Crippen molar-refractivity contribution in [3.63, 3.8) is 0 Å². The normalized spacial score (nSPS) is 10.3. The fourth-order valence-electron chi connectivity index (χ4n) is 1.00. The Morgan fingerprint density at radius 3 is 2.42 bits per heavy atom. The Labute approximate surface area is 75.0 Å². The highest BCUT2D eigenvalue weighted by molar-refractivity contribution is 7.98. The number of halogens is 2. The average molecular weight is 188 g/mol. The predicted molar refractivity (Wildman–Crippen MR) is 47.5 cm³/mol. The summed E-state index contributed by atoms with van der Waals surface area (Å²) in [6.45, 7) is 1.80. The van der Waals surface area contributed by atoms with Gasteiger partial charge in [0.15, 0.2) is 11.6 Å². The van der Waals surface area contributed by atoms with Gasteiger partial charge in [0.25, 0.3) is 0 Å². The smallest absolute Gasteiger partial charge is 0.172 e.